The van der Waals surface area contributed by atoms with Gasteiger partial charge < -0.3 is 10.6 Å². The van der Waals surface area contributed by atoms with E-state index in [1.54, 1.807) is 0 Å². The van der Waals surface area contributed by atoms with Crippen molar-refractivity contribution in [1.82, 2.24) is 5.32 Å². The number of aryl methyl sites for hydroxylation is 2. The van der Waals surface area contributed by atoms with E-state index < -0.39 is 0 Å². The molecular formula is C13H20N2. The zero-order valence-electron chi connectivity index (χ0n) is 9.64. The molecule has 1 aliphatic heterocycles. The lowest BCUT2D eigenvalue weighted by atomic mass is 9.96. The Morgan fingerprint density at radius 3 is 3.07 bits per heavy atom. The molecule has 2 rings (SSSR count). The molecule has 1 aliphatic rings. The Labute approximate surface area is 92.1 Å². The van der Waals surface area contributed by atoms with Crippen molar-refractivity contribution in [2.45, 2.75) is 32.2 Å². The fraction of sp³-hybridized carbons (Fsp3) is 0.538. The average Bonchev–Trinajstić information content (AvgIpc) is 2.29. The Kier molecular flexibility index (Phi) is 3.27. The molecule has 0 aliphatic carbocycles. The molecule has 2 N–H and O–H groups in total. The maximum Gasteiger partial charge on any atom is 0.0389 e. The Hall–Kier alpha value is -1.02. The highest BCUT2D eigenvalue weighted by Crippen LogP contribution is 2.25. The van der Waals surface area contributed by atoms with Gasteiger partial charge in [-0.3, -0.25) is 0 Å². The van der Waals surface area contributed by atoms with Crippen LogP contribution < -0.4 is 10.6 Å². The summed E-state index contributed by atoms with van der Waals surface area (Å²) in [4.78, 5) is 0. The zero-order chi connectivity index (χ0) is 10.7. The maximum atomic E-state index is 3.59. The van der Waals surface area contributed by atoms with Crippen molar-refractivity contribution < 1.29 is 0 Å². The third kappa shape index (κ3) is 2.32. The molecule has 0 fully saturated rings. The minimum absolute atomic E-state index is 0.593. The fourth-order valence-corrected chi connectivity index (χ4v) is 2.24. The van der Waals surface area contributed by atoms with E-state index in [4.69, 9.17) is 0 Å². The molecule has 2 heteroatoms. The molecule has 2 nitrogen and oxygen atoms in total. The summed E-state index contributed by atoms with van der Waals surface area (Å²) in [6.45, 7) is 3.26. The van der Waals surface area contributed by atoms with E-state index in [0.29, 0.717) is 6.04 Å². The number of nitrogens with one attached hydrogen (secondary N) is 2. The standard InChI is InChI=1S/C13H20N2/c1-3-10-4-7-13-11(8-10)5-6-12(15-13)9-14-2/h4,7-8,12,14-15H,3,5-6,9H2,1-2H3. The van der Waals surface area contributed by atoms with Gasteiger partial charge in [-0.05, 0) is 43.5 Å². The molecular weight excluding hydrogens is 184 g/mol. The highest BCUT2D eigenvalue weighted by Gasteiger charge is 2.16. The second kappa shape index (κ2) is 4.67. The van der Waals surface area contributed by atoms with Crippen molar-refractivity contribution in [3.8, 4) is 0 Å². The highest BCUT2D eigenvalue weighted by atomic mass is 15.0. The Bertz CT molecular complexity index is 333. The van der Waals surface area contributed by atoms with Gasteiger partial charge in [-0.25, -0.2) is 0 Å². The first kappa shape index (κ1) is 10.5. The molecule has 82 valence electrons. The van der Waals surface area contributed by atoms with E-state index in [9.17, 15) is 0 Å². The van der Waals surface area contributed by atoms with Crippen LogP contribution in [0.2, 0.25) is 0 Å². The lowest BCUT2D eigenvalue weighted by molar-refractivity contribution is 0.592. The van der Waals surface area contributed by atoms with Gasteiger partial charge in [0.05, 0.1) is 0 Å². The SMILES string of the molecule is CCc1ccc2c(c1)CCC(CNC)N2. The first-order chi connectivity index (χ1) is 7.33. The van der Waals surface area contributed by atoms with Crippen LogP contribution in [0.1, 0.15) is 24.5 Å². The van der Waals surface area contributed by atoms with Gasteiger partial charge in [-0.1, -0.05) is 19.1 Å². The van der Waals surface area contributed by atoms with Gasteiger partial charge in [-0.15, -0.1) is 0 Å². The van der Waals surface area contributed by atoms with Crippen LogP contribution in [0.25, 0.3) is 0 Å². The van der Waals surface area contributed by atoms with Crippen LogP contribution in [0.15, 0.2) is 18.2 Å². The topological polar surface area (TPSA) is 24.1 Å². The van der Waals surface area contributed by atoms with Gasteiger partial charge in [-0.2, -0.15) is 0 Å². The third-order valence-electron chi connectivity index (χ3n) is 3.15. The number of benzene rings is 1. The molecule has 0 saturated heterocycles. The number of anilines is 1. The van der Waals surface area contributed by atoms with Crippen LogP contribution in [-0.2, 0) is 12.8 Å². The molecule has 0 saturated carbocycles. The van der Waals surface area contributed by atoms with Crippen LogP contribution in [0.4, 0.5) is 5.69 Å². The summed E-state index contributed by atoms with van der Waals surface area (Å²) in [5.41, 5.74) is 4.27. The summed E-state index contributed by atoms with van der Waals surface area (Å²) in [6.07, 6.45) is 3.58. The van der Waals surface area contributed by atoms with Crippen LogP contribution >= 0.6 is 0 Å². The quantitative estimate of drug-likeness (QED) is 0.788. The Morgan fingerprint density at radius 1 is 1.47 bits per heavy atom. The van der Waals surface area contributed by atoms with E-state index in [0.717, 1.165) is 13.0 Å². The molecule has 0 spiro atoms. The van der Waals surface area contributed by atoms with Crippen LogP contribution in [0.3, 0.4) is 0 Å². The van der Waals surface area contributed by atoms with Crippen LogP contribution in [0, 0.1) is 0 Å². The summed E-state index contributed by atoms with van der Waals surface area (Å²) in [5.74, 6) is 0. The van der Waals surface area contributed by atoms with E-state index in [1.807, 2.05) is 7.05 Å². The number of fused-ring (bicyclic) bond motifs is 1. The number of rotatable bonds is 3. The number of likely N-dealkylation sites (N-methyl/N-ethyl adjacent to an activating group) is 1. The predicted octanol–water partition coefficient (Wildman–Crippen LogP) is 2.20. The van der Waals surface area contributed by atoms with E-state index in [1.165, 1.54) is 29.7 Å². The van der Waals surface area contributed by atoms with E-state index in [-0.39, 0.29) is 0 Å². The van der Waals surface area contributed by atoms with E-state index >= 15 is 0 Å². The summed E-state index contributed by atoms with van der Waals surface area (Å²) in [6, 6.07) is 7.40. The lowest BCUT2D eigenvalue weighted by Gasteiger charge is -2.27. The van der Waals surface area contributed by atoms with Gasteiger partial charge in [0.25, 0.3) is 0 Å². The van der Waals surface area contributed by atoms with Crippen LogP contribution in [0.5, 0.6) is 0 Å². The second-order valence-corrected chi connectivity index (χ2v) is 4.28. The number of hydrogen-bond donors (Lipinski definition) is 2. The summed E-state index contributed by atoms with van der Waals surface area (Å²) >= 11 is 0. The molecule has 0 aromatic heterocycles. The van der Waals surface area contributed by atoms with Crippen molar-refractivity contribution in [1.29, 1.82) is 0 Å². The minimum atomic E-state index is 0.593. The zero-order valence-corrected chi connectivity index (χ0v) is 9.64. The molecule has 1 aromatic rings. The molecule has 1 aromatic carbocycles. The summed E-state index contributed by atoms with van der Waals surface area (Å²) < 4.78 is 0. The van der Waals surface area contributed by atoms with Gasteiger partial charge in [0.15, 0.2) is 0 Å². The monoisotopic (exact) mass is 204 g/mol. The van der Waals surface area contributed by atoms with Gasteiger partial charge >= 0.3 is 0 Å². The molecule has 1 unspecified atom stereocenters. The molecule has 1 heterocycles. The third-order valence-corrected chi connectivity index (χ3v) is 3.15. The Balaban J connectivity index is 2.13. The average molecular weight is 204 g/mol. The van der Waals surface area contributed by atoms with Crippen molar-refractivity contribution in [2.24, 2.45) is 0 Å². The molecule has 0 radical (unpaired) electrons. The number of hydrogen-bond acceptors (Lipinski definition) is 2. The smallest absolute Gasteiger partial charge is 0.0389 e. The second-order valence-electron chi connectivity index (χ2n) is 4.28. The van der Waals surface area contributed by atoms with E-state index in [2.05, 4.69) is 35.8 Å². The molecule has 0 bridgehead atoms. The normalized spacial score (nSPS) is 19.5. The Morgan fingerprint density at radius 2 is 2.33 bits per heavy atom. The van der Waals surface area contributed by atoms with Crippen molar-refractivity contribution in [2.75, 3.05) is 18.9 Å². The van der Waals surface area contributed by atoms with Gasteiger partial charge in [0, 0.05) is 18.3 Å². The molecule has 1 atom stereocenters. The first-order valence-electron chi connectivity index (χ1n) is 5.86. The predicted molar refractivity (Wildman–Crippen MR) is 65.5 cm³/mol. The molecule has 15 heavy (non-hydrogen) atoms. The largest absolute Gasteiger partial charge is 0.381 e. The van der Waals surface area contributed by atoms with Gasteiger partial charge in [0.2, 0.25) is 0 Å². The van der Waals surface area contributed by atoms with Crippen molar-refractivity contribution in [3.63, 3.8) is 0 Å². The maximum absolute atomic E-state index is 3.59. The van der Waals surface area contributed by atoms with Crippen LogP contribution in [-0.4, -0.2) is 19.6 Å². The minimum Gasteiger partial charge on any atom is -0.381 e. The summed E-state index contributed by atoms with van der Waals surface area (Å²) in [7, 11) is 2.01. The van der Waals surface area contributed by atoms with Gasteiger partial charge in [0.1, 0.15) is 0 Å². The summed E-state index contributed by atoms with van der Waals surface area (Å²) in [5, 5.41) is 6.81. The van der Waals surface area contributed by atoms with Crippen molar-refractivity contribution >= 4 is 5.69 Å². The molecule has 0 amide bonds. The van der Waals surface area contributed by atoms with Crippen molar-refractivity contribution in [3.05, 3.63) is 29.3 Å². The lowest BCUT2D eigenvalue weighted by Crippen LogP contribution is -2.34. The highest BCUT2D eigenvalue weighted by molar-refractivity contribution is 5.55. The first-order valence-corrected chi connectivity index (χ1v) is 5.86. The fourth-order valence-electron chi connectivity index (χ4n) is 2.24.